The van der Waals surface area contributed by atoms with E-state index in [1.54, 1.807) is 17.6 Å². The van der Waals surface area contributed by atoms with Crippen molar-refractivity contribution >= 4 is 28.0 Å². The van der Waals surface area contributed by atoms with Gasteiger partial charge in [-0.15, -0.1) is 11.3 Å². The first-order chi connectivity index (χ1) is 13.7. The predicted octanol–water partition coefficient (Wildman–Crippen LogP) is 4.18. The maximum atomic E-state index is 13.2. The lowest BCUT2D eigenvalue weighted by Crippen LogP contribution is -2.28. The van der Waals surface area contributed by atoms with Gasteiger partial charge < -0.3 is 15.1 Å². The first-order valence-electron chi connectivity index (χ1n) is 9.49. The summed E-state index contributed by atoms with van der Waals surface area (Å²) < 4.78 is 5.25. The molecule has 4 rings (SSSR count). The van der Waals surface area contributed by atoms with Crippen LogP contribution in [0.4, 0.5) is 5.00 Å². The van der Waals surface area contributed by atoms with Crippen molar-refractivity contribution in [1.82, 2.24) is 5.32 Å². The fourth-order valence-electron chi connectivity index (χ4n) is 3.51. The summed E-state index contributed by atoms with van der Waals surface area (Å²) in [7, 11) is 0. The average Bonchev–Trinajstić information content (AvgIpc) is 3.35. The molecule has 28 heavy (non-hydrogen) atoms. The molecule has 0 saturated heterocycles. The molecule has 0 unspecified atom stereocenters. The van der Waals surface area contributed by atoms with E-state index in [-0.39, 0.29) is 18.2 Å². The Morgan fingerprint density at radius 3 is 2.64 bits per heavy atom. The van der Waals surface area contributed by atoms with Gasteiger partial charge in [-0.1, -0.05) is 30.3 Å². The molecule has 6 heteroatoms. The Bertz CT molecular complexity index is 961. The molecule has 1 aliphatic rings. The normalized spacial score (nSPS) is 13.1. The van der Waals surface area contributed by atoms with E-state index in [9.17, 15) is 9.59 Å². The number of thiophene rings is 1. The van der Waals surface area contributed by atoms with Crippen LogP contribution >= 0.6 is 11.3 Å². The summed E-state index contributed by atoms with van der Waals surface area (Å²) in [5.41, 5.74) is 2.44. The summed E-state index contributed by atoms with van der Waals surface area (Å²) >= 11 is 1.55. The SMILES string of the molecule is O=C(CNCc1ccco1)Nc1sc2c(c1C(=O)c1ccccc1)CCCC2. The Balaban J connectivity index is 1.52. The van der Waals surface area contributed by atoms with Crippen molar-refractivity contribution in [2.75, 3.05) is 11.9 Å². The lowest BCUT2D eigenvalue weighted by molar-refractivity contribution is -0.115. The largest absolute Gasteiger partial charge is 0.468 e. The predicted molar refractivity (Wildman–Crippen MR) is 110 cm³/mol. The van der Waals surface area contributed by atoms with Crippen LogP contribution in [0.25, 0.3) is 0 Å². The van der Waals surface area contributed by atoms with Crippen LogP contribution in [0, 0.1) is 0 Å². The van der Waals surface area contributed by atoms with Crippen molar-refractivity contribution in [3.05, 3.63) is 76.1 Å². The van der Waals surface area contributed by atoms with E-state index in [2.05, 4.69) is 10.6 Å². The second-order valence-electron chi connectivity index (χ2n) is 6.84. The fraction of sp³-hybridized carbons (Fsp3) is 0.273. The van der Waals surface area contributed by atoms with Crippen LogP contribution in [0.3, 0.4) is 0 Å². The van der Waals surface area contributed by atoms with Crippen LogP contribution < -0.4 is 10.6 Å². The van der Waals surface area contributed by atoms with E-state index >= 15 is 0 Å². The third-order valence-corrected chi connectivity index (χ3v) is 6.06. The number of furan rings is 1. The van der Waals surface area contributed by atoms with Gasteiger partial charge in [0.15, 0.2) is 5.78 Å². The van der Waals surface area contributed by atoms with E-state index < -0.39 is 0 Å². The van der Waals surface area contributed by atoms with E-state index in [1.165, 1.54) is 4.88 Å². The van der Waals surface area contributed by atoms with Crippen molar-refractivity contribution < 1.29 is 14.0 Å². The van der Waals surface area contributed by atoms with Crippen LogP contribution in [-0.2, 0) is 24.2 Å². The lowest BCUT2D eigenvalue weighted by atomic mass is 9.92. The standard InChI is InChI=1S/C22H22N2O3S/c25-19(14-23-13-16-9-6-12-27-16)24-22-20(17-10-4-5-11-18(17)28-22)21(26)15-7-2-1-3-8-15/h1-3,6-9,12,23H,4-5,10-11,13-14H2,(H,24,25). The van der Waals surface area contributed by atoms with Crippen LogP contribution in [0.2, 0.25) is 0 Å². The molecule has 0 bridgehead atoms. The van der Waals surface area contributed by atoms with Gasteiger partial charge in [0.2, 0.25) is 5.91 Å². The fourth-order valence-corrected chi connectivity index (χ4v) is 4.81. The van der Waals surface area contributed by atoms with Gasteiger partial charge in [-0.2, -0.15) is 0 Å². The van der Waals surface area contributed by atoms with Crippen molar-refractivity contribution in [3.63, 3.8) is 0 Å². The van der Waals surface area contributed by atoms with Crippen LogP contribution in [-0.4, -0.2) is 18.2 Å². The lowest BCUT2D eigenvalue weighted by Gasteiger charge is -2.12. The van der Waals surface area contributed by atoms with Gasteiger partial charge in [0.05, 0.1) is 24.9 Å². The van der Waals surface area contributed by atoms with Crippen LogP contribution in [0.1, 0.15) is 45.0 Å². The zero-order chi connectivity index (χ0) is 19.3. The number of hydrogen-bond acceptors (Lipinski definition) is 5. The Hall–Kier alpha value is -2.70. The van der Waals surface area contributed by atoms with E-state index in [4.69, 9.17) is 4.42 Å². The second-order valence-corrected chi connectivity index (χ2v) is 7.95. The molecule has 2 aromatic heterocycles. The maximum Gasteiger partial charge on any atom is 0.238 e. The molecule has 0 aliphatic heterocycles. The first-order valence-corrected chi connectivity index (χ1v) is 10.3. The smallest absolute Gasteiger partial charge is 0.238 e. The summed E-state index contributed by atoms with van der Waals surface area (Å²) in [5, 5.41) is 6.70. The number of fused-ring (bicyclic) bond motifs is 1. The molecular weight excluding hydrogens is 372 g/mol. The quantitative estimate of drug-likeness (QED) is 0.590. The van der Waals surface area contributed by atoms with Crippen molar-refractivity contribution in [2.45, 2.75) is 32.2 Å². The molecule has 2 heterocycles. The first kappa shape index (κ1) is 18.7. The Labute approximate surface area is 167 Å². The number of amides is 1. The summed E-state index contributed by atoms with van der Waals surface area (Å²) in [6.07, 6.45) is 5.68. The van der Waals surface area contributed by atoms with Gasteiger partial charge in [-0.05, 0) is 43.4 Å². The van der Waals surface area contributed by atoms with Crippen LogP contribution in [0.5, 0.6) is 0 Å². The number of nitrogens with one attached hydrogen (secondary N) is 2. The summed E-state index contributed by atoms with van der Waals surface area (Å²) in [6, 6.07) is 12.9. The molecule has 0 radical (unpaired) electrons. The Kier molecular flexibility index (Phi) is 5.69. The number of hydrogen-bond donors (Lipinski definition) is 2. The zero-order valence-corrected chi connectivity index (χ0v) is 16.3. The molecule has 3 aromatic rings. The highest BCUT2D eigenvalue weighted by molar-refractivity contribution is 7.17. The van der Waals surface area contributed by atoms with Gasteiger partial charge in [0, 0.05) is 10.4 Å². The molecule has 0 spiro atoms. The van der Waals surface area contributed by atoms with E-state index in [0.29, 0.717) is 22.7 Å². The highest BCUT2D eigenvalue weighted by Crippen LogP contribution is 2.39. The van der Waals surface area contributed by atoms with Gasteiger partial charge in [0.25, 0.3) is 0 Å². The third-order valence-electron chi connectivity index (χ3n) is 4.85. The third kappa shape index (κ3) is 4.08. The summed E-state index contributed by atoms with van der Waals surface area (Å²) in [6.45, 7) is 0.638. The van der Waals surface area contributed by atoms with Gasteiger partial charge in [0.1, 0.15) is 10.8 Å². The maximum absolute atomic E-state index is 13.2. The summed E-state index contributed by atoms with van der Waals surface area (Å²) in [5.74, 6) is 0.602. The molecule has 0 saturated carbocycles. The number of ketones is 1. The molecule has 2 N–H and O–H groups in total. The molecular formula is C22H22N2O3S. The van der Waals surface area contributed by atoms with E-state index in [1.807, 2.05) is 42.5 Å². The van der Waals surface area contributed by atoms with Crippen molar-refractivity contribution in [3.8, 4) is 0 Å². The molecule has 1 aliphatic carbocycles. The molecule has 5 nitrogen and oxygen atoms in total. The van der Waals surface area contributed by atoms with Gasteiger partial charge in [-0.3, -0.25) is 9.59 Å². The number of rotatable bonds is 7. The van der Waals surface area contributed by atoms with Crippen molar-refractivity contribution in [2.24, 2.45) is 0 Å². The topological polar surface area (TPSA) is 71.3 Å². The van der Waals surface area contributed by atoms with Crippen molar-refractivity contribution in [1.29, 1.82) is 0 Å². The molecule has 144 valence electrons. The van der Waals surface area contributed by atoms with E-state index in [0.717, 1.165) is 37.0 Å². The Morgan fingerprint density at radius 2 is 1.86 bits per heavy atom. The van der Waals surface area contributed by atoms with Gasteiger partial charge in [-0.25, -0.2) is 0 Å². The van der Waals surface area contributed by atoms with Gasteiger partial charge >= 0.3 is 0 Å². The molecule has 1 amide bonds. The Morgan fingerprint density at radius 1 is 1.04 bits per heavy atom. The minimum atomic E-state index is -0.160. The van der Waals surface area contributed by atoms with Crippen LogP contribution in [0.15, 0.2) is 53.1 Å². The number of benzene rings is 1. The monoisotopic (exact) mass is 394 g/mol. The number of carbonyl (C=O) groups excluding carboxylic acids is 2. The number of anilines is 1. The summed E-state index contributed by atoms with van der Waals surface area (Å²) in [4.78, 5) is 26.9. The highest BCUT2D eigenvalue weighted by atomic mass is 32.1. The zero-order valence-electron chi connectivity index (χ0n) is 15.5. The second kappa shape index (κ2) is 8.54. The highest BCUT2D eigenvalue weighted by Gasteiger charge is 2.26. The minimum absolute atomic E-state index is 0.0150. The average molecular weight is 394 g/mol. The molecule has 1 aromatic carbocycles. The number of carbonyl (C=O) groups is 2. The molecule has 0 fully saturated rings. The molecule has 0 atom stereocenters. The number of aryl methyl sites for hydroxylation is 1. The minimum Gasteiger partial charge on any atom is -0.468 e.